The van der Waals surface area contributed by atoms with Crippen LogP contribution in [-0.2, 0) is 20.7 Å². The largest absolute Gasteiger partial charge is 0.461 e. The van der Waals surface area contributed by atoms with Crippen molar-refractivity contribution in [1.82, 2.24) is 9.88 Å². The average Bonchev–Trinajstić information content (AvgIpc) is 3.43. The van der Waals surface area contributed by atoms with E-state index in [1.54, 1.807) is 45.9 Å². The van der Waals surface area contributed by atoms with Gasteiger partial charge in [0.25, 0.3) is 0 Å². The molecule has 2 heterocycles. The average molecular weight is 495 g/mol. The fourth-order valence-electron chi connectivity index (χ4n) is 4.69. The smallest absolute Gasteiger partial charge is 0.410 e. The van der Waals surface area contributed by atoms with Crippen molar-refractivity contribution in [3.63, 3.8) is 0 Å². The van der Waals surface area contributed by atoms with Crippen molar-refractivity contribution in [1.29, 1.82) is 0 Å². The molecule has 0 spiro atoms. The van der Waals surface area contributed by atoms with Crippen LogP contribution in [0, 0.1) is 5.82 Å². The Bertz CT molecular complexity index is 1280. The number of rotatable bonds is 6. The Kier molecular flexibility index (Phi) is 7.15. The summed E-state index contributed by atoms with van der Waals surface area (Å²) < 4.78 is 24.2. The molecule has 0 radical (unpaired) electrons. The molecule has 2 atom stereocenters. The molecule has 0 bridgehead atoms. The number of aromatic amines is 1. The summed E-state index contributed by atoms with van der Waals surface area (Å²) in [4.78, 5) is 43.3. The van der Waals surface area contributed by atoms with Gasteiger partial charge in [0.2, 0.25) is 0 Å². The molecular weight excluding hydrogens is 463 g/mol. The van der Waals surface area contributed by atoms with Crippen LogP contribution in [0.25, 0.3) is 10.9 Å². The van der Waals surface area contributed by atoms with E-state index in [1.807, 2.05) is 18.2 Å². The summed E-state index contributed by atoms with van der Waals surface area (Å²) >= 11 is 0. The summed E-state index contributed by atoms with van der Waals surface area (Å²) in [6, 6.07) is 12.5. The van der Waals surface area contributed by atoms with Gasteiger partial charge in [-0.25, -0.2) is 14.0 Å². The molecule has 0 unspecified atom stereocenters. The van der Waals surface area contributed by atoms with Crippen LogP contribution in [0.4, 0.5) is 9.18 Å². The predicted molar refractivity (Wildman–Crippen MR) is 133 cm³/mol. The lowest BCUT2D eigenvalue weighted by Crippen LogP contribution is -2.45. The Morgan fingerprint density at radius 2 is 1.81 bits per heavy atom. The first-order valence-corrected chi connectivity index (χ1v) is 12.1. The fourth-order valence-corrected chi connectivity index (χ4v) is 4.69. The molecule has 7 nitrogen and oxygen atoms in total. The quantitative estimate of drug-likeness (QED) is 0.464. The van der Waals surface area contributed by atoms with Crippen LogP contribution >= 0.6 is 0 Å². The van der Waals surface area contributed by atoms with E-state index < -0.39 is 23.7 Å². The number of fused-ring (bicyclic) bond motifs is 1. The molecule has 1 fully saturated rings. The fraction of sp³-hybridized carbons (Fsp3) is 0.393. The van der Waals surface area contributed by atoms with Gasteiger partial charge in [-0.3, -0.25) is 9.69 Å². The van der Waals surface area contributed by atoms with Crippen LogP contribution in [-0.4, -0.2) is 52.5 Å². The number of esters is 1. The lowest BCUT2D eigenvalue weighted by Gasteiger charge is -2.30. The first kappa shape index (κ1) is 25.4. The lowest BCUT2D eigenvalue weighted by atomic mass is 9.87. The second kappa shape index (κ2) is 10.1. The minimum absolute atomic E-state index is 0.0948. The molecule has 2 aromatic carbocycles. The number of nitrogens with one attached hydrogen (secondary N) is 1. The number of carbonyl (C=O) groups excluding carboxylic acids is 3. The van der Waals surface area contributed by atoms with Gasteiger partial charge in [-0.05, 0) is 75.6 Å². The van der Waals surface area contributed by atoms with Crippen LogP contribution in [0.2, 0.25) is 0 Å². The molecule has 0 aliphatic carbocycles. The highest BCUT2D eigenvalue weighted by atomic mass is 19.1. The summed E-state index contributed by atoms with van der Waals surface area (Å²) in [5, 5.41) is 0.786. The second-order valence-corrected chi connectivity index (χ2v) is 10.0. The third-order valence-corrected chi connectivity index (χ3v) is 6.21. The van der Waals surface area contributed by atoms with Gasteiger partial charge in [0.15, 0.2) is 5.78 Å². The van der Waals surface area contributed by atoms with Crippen LogP contribution < -0.4 is 0 Å². The molecular formula is C28H31FN2O5. The zero-order valence-electron chi connectivity index (χ0n) is 21.0. The molecule has 3 aromatic rings. The molecule has 4 rings (SSSR count). The topological polar surface area (TPSA) is 88.7 Å². The Labute approximate surface area is 209 Å². The minimum Gasteiger partial charge on any atom is -0.461 e. The number of hydrogen-bond donors (Lipinski definition) is 1. The molecule has 0 saturated carbocycles. The summed E-state index contributed by atoms with van der Waals surface area (Å²) in [5.41, 5.74) is 1.97. The Balaban J connectivity index is 1.60. The van der Waals surface area contributed by atoms with Gasteiger partial charge in [-0.1, -0.05) is 18.2 Å². The zero-order valence-corrected chi connectivity index (χ0v) is 21.0. The zero-order chi connectivity index (χ0) is 26.0. The highest BCUT2D eigenvalue weighted by Crippen LogP contribution is 2.36. The number of amides is 1. The normalized spacial score (nSPS) is 17.9. The van der Waals surface area contributed by atoms with Crippen molar-refractivity contribution in [2.75, 3.05) is 13.2 Å². The van der Waals surface area contributed by atoms with Crippen molar-refractivity contribution in [2.45, 2.75) is 58.1 Å². The summed E-state index contributed by atoms with van der Waals surface area (Å²) in [6.07, 6.45) is 0.129. The van der Waals surface area contributed by atoms with Gasteiger partial charge < -0.3 is 14.5 Å². The number of halogens is 1. The van der Waals surface area contributed by atoms with Gasteiger partial charge in [-0.15, -0.1) is 0 Å². The molecule has 190 valence electrons. The number of Topliss-reactive ketones (excluding diaryl/α,β-unsaturated/α-hetero) is 1. The van der Waals surface area contributed by atoms with Crippen molar-refractivity contribution in [2.24, 2.45) is 0 Å². The van der Waals surface area contributed by atoms with Crippen LogP contribution in [0.15, 0.2) is 48.5 Å². The van der Waals surface area contributed by atoms with Crippen molar-refractivity contribution < 1.29 is 28.2 Å². The van der Waals surface area contributed by atoms with Crippen LogP contribution in [0.5, 0.6) is 0 Å². The predicted octanol–water partition coefficient (Wildman–Crippen LogP) is 5.39. The molecule has 1 aliphatic rings. The summed E-state index contributed by atoms with van der Waals surface area (Å²) in [6.45, 7) is 7.74. The van der Waals surface area contributed by atoms with E-state index in [9.17, 15) is 18.8 Å². The number of likely N-dealkylation sites (tertiary alicyclic amines) is 1. The molecule has 1 saturated heterocycles. The standard InChI is InChI=1S/C28H31FN2O5/c1-5-35-26(33)23-16-19-14-17(6-11-22(19)30-23)15-24(32)25-21(18-7-9-20(29)10-8-18)12-13-31(25)27(34)36-28(2,3)4/h6-11,14,16,21,25,30H,5,12-13,15H2,1-4H3/t21-,25-/m0/s1. The van der Waals surface area contributed by atoms with Gasteiger partial charge in [0.05, 0.1) is 6.61 Å². The van der Waals surface area contributed by atoms with Gasteiger partial charge in [-0.2, -0.15) is 0 Å². The number of ether oxygens (including phenoxy) is 2. The Morgan fingerprint density at radius 3 is 2.47 bits per heavy atom. The number of carbonyl (C=O) groups is 3. The molecule has 1 N–H and O–H groups in total. The molecule has 1 aromatic heterocycles. The van der Waals surface area contributed by atoms with E-state index in [-0.39, 0.29) is 30.5 Å². The maximum Gasteiger partial charge on any atom is 0.410 e. The van der Waals surface area contributed by atoms with E-state index in [0.717, 1.165) is 22.0 Å². The monoisotopic (exact) mass is 494 g/mol. The third kappa shape index (κ3) is 5.58. The first-order chi connectivity index (χ1) is 17.1. The van der Waals surface area contributed by atoms with E-state index in [0.29, 0.717) is 18.7 Å². The van der Waals surface area contributed by atoms with E-state index in [2.05, 4.69) is 4.98 Å². The number of hydrogen-bond acceptors (Lipinski definition) is 5. The highest BCUT2D eigenvalue weighted by Gasteiger charge is 2.43. The van der Waals surface area contributed by atoms with Gasteiger partial charge >= 0.3 is 12.1 Å². The SMILES string of the molecule is CCOC(=O)c1cc2cc(CC(=O)[C@@H]3[C@H](c4ccc(F)cc4)CCN3C(=O)OC(C)(C)C)ccc2[nH]1. The number of aromatic nitrogens is 1. The molecule has 36 heavy (non-hydrogen) atoms. The van der Waals surface area contributed by atoms with Gasteiger partial charge in [0, 0.05) is 29.8 Å². The Morgan fingerprint density at radius 1 is 1.08 bits per heavy atom. The van der Waals surface area contributed by atoms with Crippen molar-refractivity contribution in [3.05, 3.63) is 71.2 Å². The lowest BCUT2D eigenvalue weighted by molar-refractivity contribution is -0.123. The van der Waals surface area contributed by atoms with Crippen molar-refractivity contribution in [3.8, 4) is 0 Å². The summed E-state index contributed by atoms with van der Waals surface area (Å²) in [7, 11) is 0. The minimum atomic E-state index is -0.734. The van der Waals surface area contributed by atoms with E-state index in [4.69, 9.17) is 9.47 Å². The third-order valence-electron chi connectivity index (χ3n) is 6.21. The van der Waals surface area contributed by atoms with E-state index in [1.165, 1.54) is 17.0 Å². The van der Waals surface area contributed by atoms with Crippen LogP contribution in [0.1, 0.15) is 61.6 Å². The summed E-state index contributed by atoms with van der Waals surface area (Å²) in [5.74, 6) is -1.19. The van der Waals surface area contributed by atoms with E-state index >= 15 is 0 Å². The molecule has 8 heteroatoms. The van der Waals surface area contributed by atoms with Crippen LogP contribution in [0.3, 0.4) is 0 Å². The highest BCUT2D eigenvalue weighted by molar-refractivity contribution is 5.96. The maximum atomic E-state index is 13.7. The van der Waals surface area contributed by atoms with Gasteiger partial charge in [0.1, 0.15) is 23.2 Å². The molecule has 1 amide bonds. The maximum absolute atomic E-state index is 13.7. The Hall–Kier alpha value is -3.68. The number of benzene rings is 2. The number of nitrogens with zero attached hydrogens (tertiary/aromatic N) is 1. The number of H-pyrrole nitrogens is 1. The molecule has 1 aliphatic heterocycles. The number of ketones is 1. The van der Waals surface area contributed by atoms with Crippen molar-refractivity contribution >= 4 is 28.7 Å². The second-order valence-electron chi connectivity index (χ2n) is 10.0. The first-order valence-electron chi connectivity index (χ1n) is 12.1.